The molecule has 7 heteroatoms. The SMILES string of the molecule is Cc1cnc(-c2c(C)nc(NCC(C)(C)CC3CC3)nc2NC2CCC(CO)C2)s1. The highest BCUT2D eigenvalue weighted by Crippen LogP contribution is 2.40. The zero-order chi connectivity index (χ0) is 21.3. The first kappa shape index (κ1) is 21.5. The Bertz CT molecular complexity index is 876. The number of aliphatic hydroxyl groups excluding tert-OH is 1. The molecule has 4 rings (SSSR count). The topological polar surface area (TPSA) is 83.0 Å². The van der Waals surface area contributed by atoms with Crippen molar-refractivity contribution in [1.29, 1.82) is 0 Å². The molecule has 3 N–H and O–H groups in total. The van der Waals surface area contributed by atoms with Gasteiger partial charge in [0.2, 0.25) is 5.95 Å². The summed E-state index contributed by atoms with van der Waals surface area (Å²) in [6, 6.07) is 0.329. The molecule has 0 amide bonds. The van der Waals surface area contributed by atoms with Gasteiger partial charge in [0.25, 0.3) is 0 Å². The molecule has 0 bridgehead atoms. The van der Waals surface area contributed by atoms with E-state index in [0.29, 0.717) is 17.9 Å². The molecule has 0 saturated heterocycles. The van der Waals surface area contributed by atoms with E-state index in [4.69, 9.17) is 9.97 Å². The predicted octanol–water partition coefficient (Wildman–Crippen LogP) is 5.03. The van der Waals surface area contributed by atoms with Crippen LogP contribution >= 0.6 is 11.3 Å². The number of rotatable bonds is 9. The molecule has 0 radical (unpaired) electrons. The minimum absolute atomic E-state index is 0.233. The van der Waals surface area contributed by atoms with Crippen LogP contribution in [0.5, 0.6) is 0 Å². The summed E-state index contributed by atoms with van der Waals surface area (Å²) in [5.41, 5.74) is 2.18. The van der Waals surface area contributed by atoms with Crippen molar-refractivity contribution in [2.75, 3.05) is 23.8 Å². The Balaban J connectivity index is 1.56. The van der Waals surface area contributed by atoms with E-state index in [0.717, 1.165) is 53.8 Å². The van der Waals surface area contributed by atoms with Crippen LogP contribution in [-0.4, -0.2) is 39.3 Å². The van der Waals surface area contributed by atoms with Gasteiger partial charge >= 0.3 is 0 Å². The zero-order valence-corrected chi connectivity index (χ0v) is 19.5. The van der Waals surface area contributed by atoms with Gasteiger partial charge in [0, 0.05) is 30.3 Å². The lowest BCUT2D eigenvalue weighted by Gasteiger charge is -2.25. The number of aliphatic hydroxyl groups is 1. The maximum atomic E-state index is 9.51. The summed E-state index contributed by atoms with van der Waals surface area (Å²) in [6.07, 6.45) is 9.02. The molecule has 0 spiro atoms. The van der Waals surface area contributed by atoms with Crippen molar-refractivity contribution in [1.82, 2.24) is 15.0 Å². The van der Waals surface area contributed by atoms with E-state index in [2.05, 4.69) is 36.4 Å². The smallest absolute Gasteiger partial charge is 0.224 e. The monoisotopic (exact) mass is 429 g/mol. The molecule has 2 heterocycles. The van der Waals surface area contributed by atoms with Gasteiger partial charge in [-0.05, 0) is 56.8 Å². The molecule has 2 unspecified atom stereocenters. The van der Waals surface area contributed by atoms with Gasteiger partial charge in [-0.25, -0.2) is 9.97 Å². The second kappa shape index (κ2) is 8.79. The van der Waals surface area contributed by atoms with Crippen LogP contribution in [-0.2, 0) is 0 Å². The van der Waals surface area contributed by atoms with Crippen molar-refractivity contribution >= 4 is 23.1 Å². The van der Waals surface area contributed by atoms with Crippen LogP contribution in [0.15, 0.2) is 6.20 Å². The average molecular weight is 430 g/mol. The Morgan fingerprint density at radius 3 is 2.53 bits per heavy atom. The number of anilines is 2. The number of aromatic nitrogens is 3. The lowest BCUT2D eigenvalue weighted by molar-refractivity contribution is 0.229. The zero-order valence-electron chi connectivity index (χ0n) is 18.7. The van der Waals surface area contributed by atoms with E-state index in [-0.39, 0.29) is 12.0 Å². The second-order valence-corrected chi connectivity index (χ2v) is 11.2. The molecule has 2 atom stereocenters. The number of thiazole rings is 1. The van der Waals surface area contributed by atoms with Gasteiger partial charge in [-0.2, -0.15) is 4.98 Å². The van der Waals surface area contributed by atoms with Gasteiger partial charge in [0.1, 0.15) is 10.8 Å². The van der Waals surface area contributed by atoms with Crippen LogP contribution in [0.1, 0.15) is 62.9 Å². The normalized spacial score (nSPS) is 21.8. The predicted molar refractivity (Wildman–Crippen MR) is 124 cm³/mol. The molecule has 2 aliphatic rings. The highest BCUT2D eigenvalue weighted by molar-refractivity contribution is 7.15. The van der Waals surface area contributed by atoms with Crippen LogP contribution in [0.2, 0.25) is 0 Å². The summed E-state index contributed by atoms with van der Waals surface area (Å²) in [6.45, 7) is 9.90. The quantitative estimate of drug-likeness (QED) is 0.519. The molecule has 0 aliphatic heterocycles. The number of hydrogen-bond acceptors (Lipinski definition) is 7. The molecule has 6 nitrogen and oxygen atoms in total. The molecular weight excluding hydrogens is 394 g/mol. The van der Waals surface area contributed by atoms with Crippen LogP contribution in [0, 0.1) is 31.1 Å². The molecule has 2 aromatic heterocycles. The fourth-order valence-electron chi connectivity index (χ4n) is 4.54. The third-order valence-corrected chi connectivity index (χ3v) is 7.26. The van der Waals surface area contributed by atoms with Crippen molar-refractivity contribution in [2.45, 2.75) is 72.3 Å². The molecule has 164 valence electrons. The van der Waals surface area contributed by atoms with Crippen molar-refractivity contribution in [2.24, 2.45) is 17.3 Å². The first-order chi connectivity index (χ1) is 14.3. The Morgan fingerprint density at radius 1 is 1.13 bits per heavy atom. The lowest BCUT2D eigenvalue weighted by atomic mass is 9.87. The third-order valence-electron chi connectivity index (χ3n) is 6.33. The van der Waals surface area contributed by atoms with E-state index in [9.17, 15) is 5.11 Å². The highest BCUT2D eigenvalue weighted by Gasteiger charge is 2.30. The molecule has 30 heavy (non-hydrogen) atoms. The van der Waals surface area contributed by atoms with Crippen LogP contribution in [0.3, 0.4) is 0 Å². The minimum Gasteiger partial charge on any atom is -0.396 e. The number of aryl methyl sites for hydroxylation is 2. The summed E-state index contributed by atoms with van der Waals surface area (Å²) in [5.74, 6) is 2.84. The van der Waals surface area contributed by atoms with Crippen LogP contribution in [0.4, 0.5) is 11.8 Å². The Kier molecular flexibility index (Phi) is 6.30. The molecule has 2 saturated carbocycles. The van der Waals surface area contributed by atoms with Gasteiger partial charge in [-0.1, -0.05) is 26.7 Å². The lowest BCUT2D eigenvalue weighted by Crippen LogP contribution is -2.25. The van der Waals surface area contributed by atoms with Crippen molar-refractivity contribution in [3.05, 3.63) is 16.8 Å². The summed E-state index contributed by atoms with van der Waals surface area (Å²) in [4.78, 5) is 15.5. The van der Waals surface area contributed by atoms with Gasteiger partial charge in [0.15, 0.2) is 0 Å². The van der Waals surface area contributed by atoms with Gasteiger partial charge in [-0.3, -0.25) is 0 Å². The molecule has 2 aliphatic carbocycles. The Labute approximate surface area is 184 Å². The summed E-state index contributed by atoms with van der Waals surface area (Å²) >= 11 is 1.68. The van der Waals surface area contributed by atoms with E-state index in [1.54, 1.807) is 11.3 Å². The van der Waals surface area contributed by atoms with E-state index in [1.165, 1.54) is 24.1 Å². The first-order valence-corrected chi connectivity index (χ1v) is 12.1. The van der Waals surface area contributed by atoms with E-state index >= 15 is 0 Å². The Hall–Kier alpha value is -1.73. The third kappa shape index (κ3) is 5.30. The highest BCUT2D eigenvalue weighted by atomic mass is 32.1. The fourth-order valence-corrected chi connectivity index (χ4v) is 5.40. The van der Waals surface area contributed by atoms with Crippen LogP contribution in [0.25, 0.3) is 10.6 Å². The van der Waals surface area contributed by atoms with Gasteiger partial charge < -0.3 is 15.7 Å². The van der Waals surface area contributed by atoms with Gasteiger partial charge in [-0.15, -0.1) is 11.3 Å². The average Bonchev–Trinajstić information content (AvgIpc) is 3.19. The number of nitrogens with zero attached hydrogens (tertiary/aromatic N) is 3. The van der Waals surface area contributed by atoms with Crippen LogP contribution < -0.4 is 10.6 Å². The van der Waals surface area contributed by atoms with Crippen molar-refractivity contribution in [3.63, 3.8) is 0 Å². The maximum Gasteiger partial charge on any atom is 0.224 e. The van der Waals surface area contributed by atoms with Gasteiger partial charge in [0.05, 0.1) is 11.3 Å². The number of hydrogen-bond donors (Lipinski definition) is 3. The second-order valence-electron chi connectivity index (χ2n) is 10.0. The molecule has 0 aromatic carbocycles. The number of nitrogens with one attached hydrogen (secondary N) is 2. The molecule has 2 fully saturated rings. The van der Waals surface area contributed by atoms with Crippen molar-refractivity contribution in [3.8, 4) is 10.6 Å². The van der Waals surface area contributed by atoms with E-state index < -0.39 is 0 Å². The minimum atomic E-state index is 0.233. The molecule has 2 aromatic rings. The maximum absolute atomic E-state index is 9.51. The summed E-state index contributed by atoms with van der Waals surface area (Å²) < 4.78 is 0. The largest absolute Gasteiger partial charge is 0.396 e. The standard InChI is InChI=1S/C23H35N5OS/c1-14-11-24-21(30-14)19-15(2)26-22(25-13-23(3,4)10-16-5-6-16)28-20(19)27-18-8-7-17(9-18)12-29/h11,16-18,29H,5-10,12-13H2,1-4H3,(H2,25,26,27,28). The van der Waals surface area contributed by atoms with Crippen molar-refractivity contribution < 1.29 is 5.11 Å². The summed E-state index contributed by atoms with van der Waals surface area (Å²) in [7, 11) is 0. The molecular formula is C23H35N5OS. The Morgan fingerprint density at radius 2 is 1.90 bits per heavy atom. The van der Waals surface area contributed by atoms with E-state index in [1.807, 2.05) is 13.1 Å². The summed E-state index contributed by atoms with van der Waals surface area (Å²) in [5, 5.41) is 17.7. The first-order valence-electron chi connectivity index (χ1n) is 11.3. The fraction of sp³-hybridized carbons (Fsp3) is 0.696.